The summed E-state index contributed by atoms with van der Waals surface area (Å²) in [5.41, 5.74) is 7.30. The maximum absolute atomic E-state index is 12.4. The molecular formula is C22H19F6N. The van der Waals surface area contributed by atoms with Crippen molar-refractivity contribution in [1.29, 1.82) is 0 Å². The molecule has 3 rings (SSSR count). The zero-order chi connectivity index (χ0) is 21.7. The Morgan fingerprint density at radius 2 is 1.07 bits per heavy atom. The number of benzene rings is 3. The maximum Gasteiger partial charge on any atom is 0.404 e. The second-order valence-electron chi connectivity index (χ2n) is 6.36. The molecule has 0 heterocycles. The number of alkyl halides is 6. The standard InChI is InChI=1S/C12H10.C10H9F6N/c1-3-7-11(8-4-1)12-9-5-2-6-10-12;1-5-2-3-6(4-7(5)17)8(9(11,12)13)10(14,15)16/h1-10H;2-4,8H,17H2,1H3. The molecule has 7 heteroatoms. The molecule has 3 aromatic rings. The third-order valence-electron chi connectivity index (χ3n) is 4.17. The van der Waals surface area contributed by atoms with Gasteiger partial charge in [0.15, 0.2) is 5.92 Å². The molecule has 0 unspecified atom stereocenters. The zero-order valence-electron chi connectivity index (χ0n) is 15.4. The van der Waals surface area contributed by atoms with Gasteiger partial charge in [-0.25, -0.2) is 0 Å². The first-order valence-corrected chi connectivity index (χ1v) is 8.60. The van der Waals surface area contributed by atoms with Crippen molar-refractivity contribution < 1.29 is 26.3 Å². The molecule has 0 radical (unpaired) electrons. The number of hydrogen-bond acceptors (Lipinski definition) is 1. The Morgan fingerprint density at radius 1 is 0.655 bits per heavy atom. The summed E-state index contributed by atoms with van der Waals surface area (Å²) in [7, 11) is 0. The van der Waals surface area contributed by atoms with E-state index < -0.39 is 23.8 Å². The maximum atomic E-state index is 12.4. The van der Waals surface area contributed by atoms with E-state index in [1.165, 1.54) is 18.1 Å². The van der Waals surface area contributed by atoms with Gasteiger partial charge in [-0.1, -0.05) is 72.8 Å². The van der Waals surface area contributed by atoms with Crippen molar-refractivity contribution in [2.75, 3.05) is 5.73 Å². The number of halogens is 6. The average Bonchev–Trinajstić information content (AvgIpc) is 2.64. The monoisotopic (exact) mass is 411 g/mol. The van der Waals surface area contributed by atoms with E-state index in [1.807, 2.05) is 12.1 Å². The fourth-order valence-electron chi connectivity index (χ4n) is 2.66. The Labute approximate surface area is 164 Å². The largest absolute Gasteiger partial charge is 0.404 e. The molecule has 29 heavy (non-hydrogen) atoms. The van der Waals surface area contributed by atoms with Gasteiger partial charge in [-0.3, -0.25) is 0 Å². The zero-order valence-corrected chi connectivity index (χ0v) is 15.4. The first kappa shape index (κ1) is 22.3. The van der Waals surface area contributed by atoms with Crippen molar-refractivity contribution in [3.05, 3.63) is 90.0 Å². The molecule has 3 aromatic carbocycles. The van der Waals surface area contributed by atoms with Crippen molar-refractivity contribution >= 4 is 5.69 Å². The molecule has 0 aliphatic carbocycles. The number of nitrogens with two attached hydrogens (primary N) is 1. The van der Waals surface area contributed by atoms with E-state index in [4.69, 9.17) is 5.73 Å². The van der Waals surface area contributed by atoms with Crippen molar-refractivity contribution in [3.63, 3.8) is 0 Å². The molecule has 0 aliphatic rings. The van der Waals surface area contributed by atoms with E-state index in [-0.39, 0.29) is 5.69 Å². The molecule has 2 N–H and O–H groups in total. The topological polar surface area (TPSA) is 26.0 Å². The lowest BCUT2D eigenvalue weighted by atomic mass is 9.96. The quantitative estimate of drug-likeness (QED) is 0.352. The minimum Gasteiger partial charge on any atom is -0.399 e. The second kappa shape index (κ2) is 9.03. The van der Waals surface area contributed by atoms with Gasteiger partial charge in [0.2, 0.25) is 0 Å². The lowest BCUT2D eigenvalue weighted by Gasteiger charge is -2.23. The normalized spacial score (nSPS) is 11.7. The van der Waals surface area contributed by atoms with Crippen molar-refractivity contribution in [2.24, 2.45) is 0 Å². The summed E-state index contributed by atoms with van der Waals surface area (Å²) >= 11 is 0. The number of nitrogen functional groups attached to an aromatic ring is 1. The molecule has 0 fully saturated rings. The van der Waals surface area contributed by atoms with E-state index in [0.29, 0.717) is 11.6 Å². The molecule has 0 amide bonds. The van der Waals surface area contributed by atoms with Crippen LogP contribution in [-0.2, 0) is 0 Å². The van der Waals surface area contributed by atoms with Crippen LogP contribution in [0.25, 0.3) is 11.1 Å². The molecule has 1 nitrogen and oxygen atoms in total. The van der Waals surface area contributed by atoms with Crippen LogP contribution in [-0.4, -0.2) is 12.4 Å². The predicted molar refractivity (Wildman–Crippen MR) is 102 cm³/mol. The van der Waals surface area contributed by atoms with Crippen molar-refractivity contribution in [1.82, 2.24) is 0 Å². The summed E-state index contributed by atoms with van der Waals surface area (Å²) in [6.45, 7) is 1.50. The molecule has 0 aliphatic heterocycles. The molecule has 0 spiro atoms. The summed E-state index contributed by atoms with van der Waals surface area (Å²) in [6, 6.07) is 23.4. The first-order valence-electron chi connectivity index (χ1n) is 8.60. The third-order valence-corrected chi connectivity index (χ3v) is 4.17. The number of hydrogen-bond donors (Lipinski definition) is 1. The van der Waals surface area contributed by atoms with E-state index in [1.54, 1.807) is 0 Å². The Kier molecular flexibility index (Phi) is 6.95. The van der Waals surface area contributed by atoms with Gasteiger partial charge in [-0.15, -0.1) is 0 Å². The van der Waals surface area contributed by atoms with Crippen LogP contribution in [0.4, 0.5) is 32.0 Å². The molecule has 0 saturated carbocycles. The third kappa shape index (κ3) is 6.27. The van der Waals surface area contributed by atoms with Gasteiger partial charge in [-0.2, -0.15) is 26.3 Å². The Balaban J connectivity index is 0.000000218. The minimum absolute atomic E-state index is 0.0963. The Morgan fingerprint density at radius 3 is 1.41 bits per heavy atom. The van der Waals surface area contributed by atoms with Crippen LogP contribution in [0, 0.1) is 6.92 Å². The van der Waals surface area contributed by atoms with E-state index in [2.05, 4.69) is 48.5 Å². The summed E-state index contributed by atoms with van der Waals surface area (Å²) in [5.74, 6) is -3.50. The highest BCUT2D eigenvalue weighted by Crippen LogP contribution is 2.46. The summed E-state index contributed by atoms with van der Waals surface area (Å²) in [6.07, 6.45) is -10.8. The number of anilines is 1. The van der Waals surface area contributed by atoms with Crippen LogP contribution in [0.15, 0.2) is 78.9 Å². The fraction of sp³-hybridized carbons (Fsp3) is 0.182. The highest BCUT2D eigenvalue weighted by Gasteiger charge is 2.57. The van der Waals surface area contributed by atoms with E-state index in [9.17, 15) is 26.3 Å². The van der Waals surface area contributed by atoms with Crippen LogP contribution >= 0.6 is 0 Å². The van der Waals surface area contributed by atoms with Gasteiger partial charge < -0.3 is 5.73 Å². The number of aryl methyl sites for hydroxylation is 1. The lowest BCUT2D eigenvalue weighted by Crippen LogP contribution is -2.34. The van der Waals surface area contributed by atoms with Gasteiger partial charge in [0.05, 0.1) is 0 Å². The molecule has 154 valence electrons. The highest BCUT2D eigenvalue weighted by molar-refractivity contribution is 5.62. The van der Waals surface area contributed by atoms with Gasteiger partial charge in [-0.05, 0) is 35.2 Å². The first-order chi connectivity index (χ1) is 13.5. The SMILES string of the molecule is Cc1ccc(C(C(F)(F)F)C(F)(F)F)cc1N.c1ccc(-c2ccccc2)cc1. The summed E-state index contributed by atoms with van der Waals surface area (Å²) < 4.78 is 74.2. The van der Waals surface area contributed by atoms with Crippen LogP contribution in [0.1, 0.15) is 17.0 Å². The van der Waals surface area contributed by atoms with Gasteiger partial charge in [0.1, 0.15) is 0 Å². The highest BCUT2D eigenvalue weighted by atomic mass is 19.4. The van der Waals surface area contributed by atoms with Crippen molar-refractivity contribution in [3.8, 4) is 11.1 Å². The summed E-state index contributed by atoms with van der Waals surface area (Å²) in [5, 5.41) is 0. The molecule has 0 bridgehead atoms. The molecule has 0 aromatic heterocycles. The average molecular weight is 411 g/mol. The van der Waals surface area contributed by atoms with Crippen LogP contribution in [0.2, 0.25) is 0 Å². The summed E-state index contributed by atoms with van der Waals surface area (Å²) in [4.78, 5) is 0. The lowest BCUT2D eigenvalue weighted by molar-refractivity contribution is -0.253. The molecule has 0 atom stereocenters. The molecular weight excluding hydrogens is 392 g/mol. The van der Waals surface area contributed by atoms with Crippen LogP contribution in [0.3, 0.4) is 0 Å². The Hall–Kier alpha value is -2.96. The minimum atomic E-state index is -5.39. The van der Waals surface area contributed by atoms with Crippen molar-refractivity contribution in [2.45, 2.75) is 25.2 Å². The van der Waals surface area contributed by atoms with E-state index >= 15 is 0 Å². The Bertz CT molecular complexity index is 851. The van der Waals surface area contributed by atoms with Gasteiger partial charge in [0, 0.05) is 5.69 Å². The van der Waals surface area contributed by atoms with Crippen LogP contribution < -0.4 is 5.73 Å². The van der Waals surface area contributed by atoms with Crippen LogP contribution in [0.5, 0.6) is 0 Å². The van der Waals surface area contributed by atoms with Gasteiger partial charge >= 0.3 is 12.4 Å². The van der Waals surface area contributed by atoms with E-state index in [0.717, 1.165) is 12.1 Å². The fourth-order valence-corrected chi connectivity index (χ4v) is 2.66. The smallest absolute Gasteiger partial charge is 0.399 e. The predicted octanol–water partition coefficient (Wildman–Crippen LogP) is 7.14. The molecule has 0 saturated heterocycles. The second-order valence-corrected chi connectivity index (χ2v) is 6.36. The van der Waals surface area contributed by atoms with Gasteiger partial charge in [0.25, 0.3) is 0 Å². The number of rotatable bonds is 2.